The van der Waals surface area contributed by atoms with Gasteiger partial charge < -0.3 is 33.2 Å². The Bertz CT molecular complexity index is 1290. The monoisotopic (exact) mass is 662 g/mol. The van der Waals surface area contributed by atoms with Crippen molar-refractivity contribution in [2.75, 3.05) is 27.6 Å². The number of benzene rings is 1. The van der Waals surface area contributed by atoms with Crippen molar-refractivity contribution >= 4 is 5.97 Å². The van der Waals surface area contributed by atoms with Gasteiger partial charge in [-0.05, 0) is 69.1 Å². The average molecular weight is 663 g/mol. The molecule has 48 heavy (non-hydrogen) atoms. The fourth-order valence-electron chi connectivity index (χ4n) is 6.18. The molecule has 0 N–H and O–H groups in total. The molecule has 7 atom stereocenters. The lowest BCUT2D eigenvalue weighted by atomic mass is 9.91. The lowest BCUT2D eigenvalue weighted by Crippen LogP contribution is -2.32. The summed E-state index contributed by atoms with van der Waals surface area (Å²) >= 11 is 0. The summed E-state index contributed by atoms with van der Waals surface area (Å²) in [5.74, 6) is 0.757. The highest BCUT2D eigenvalue weighted by molar-refractivity contribution is 5.82. The summed E-state index contributed by atoms with van der Waals surface area (Å²) in [6, 6.07) is 7.74. The minimum atomic E-state index is -0.617. The summed E-state index contributed by atoms with van der Waals surface area (Å²) in [4.78, 5) is 13.3. The Hall–Kier alpha value is -3.27. The van der Waals surface area contributed by atoms with Gasteiger partial charge in [0.1, 0.15) is 24.8 Å². The number of cyclic esters (lactones) is 1. The zero-order valence-corrected chi connectivity index (χ0v) is 29.1. The number of hydrogen-bond donors (Lipinski definition) is 0. The van der Waals surface area contributed by atoms with Gasteiger partial charge in [-0.25, -0.2) is 4.79 Å². The van der Waals surface area contributed by atoms with E-state index < -0.39 is 18.2 Å². The Morgan fingerprint density at radius 3 is 2.60 bits per heavy atom. The fraction of sp³-hybridized carbons (Fsp3) is 0.525. The Morgan fingerprint density at radius 2 is 1.83 bits per heavy atom. The molecule has 2 bridgehead atoms. The van der Waals surface area contributed by atoms with Gasteiger partial charge in [-0.1, -0.05) is 85.4 Å². The summed E-state index contributed by atoms with van der Waals surface area (Å²) in [7, 11) is 3.25. The zero-order chi connectivity index (χ0) is 34.1. The Labute approximate surface area is 287 Å². The Balaban J connectivity index is 1.59. The summed E-state index contributed by atoms with van der Waals surface area (Å²) < 4.78 is 41.5. The van der Waals surface area contributed by atoms with Gasteiger partial charge in [0.2, 0.25) is 0 Å². The maximum Gasteiger partial charge on any atom is 0.330 e. The molecule has 3 aliphatic rings. The van der Waals surface area contributed by atoms with Crippen molar-refractivity contribution in [3.63, 3.8) is 0 Å². The van der Waals surface area contributed by atoms with Gasteiger partial charge in [0.25, 0.3) is 0 Å². The maximum absolute atomic E-state index is 13.3. The van der Waals surface area contributed by atoms with Crippen molar-refractivity contribution in [3.8, 4) is 5.75 Å². The fourth-order valence-corrected chi connectivity index (χ4v) is 6.18. The molecule has 3 heterocycles. The van der Waals surface area contributed by atoms with E-state index in [1.165, 1.54) is 11.6 Å². The second kappa shape index (κ2) is 20.3. The minimum absolute atomic E-state index is 0.0795. The van der Waals surface area contributed by atoms with E-state index >= 15 is 0 Å². The second-order valence-corrected chi connectivity index (χ2v) is 13.0. The molecule has 8 heteroatoms. The minimum Gasteiger partial charge on any atom is -0.497 e. The molecule has 3 aliphatic heterocycles. The molecule has 0 fully saturated rings. The molecular formula is C40H54O8. The molecule has 0 saturated heterocycles. The number of hydrogen-bond acceptors (Lipinski definition) is 8. The summed E-state index contributed by atoms with van der Waals surface area (Å²) in [6.45, 7) is 9.79. The summed E-state index contributed by atoms with van der Waals surface area (Å²) in [5, 5.41) is 0. The second-order valence-electron chi connectivity index (χ2n) is 13.0. The first-order chi connectivity index (χ1) is 23.3. The molecular weight excluding hydrogens is 608 g/mol. The third-order valence-electron chi connectivity index (χ3n) is 8.67. The van der Waals surface area contributed by atoms with Crippen molar-refractivity contribution in [2.45, 2.75) is 102 Å². The van der Waals surface area contributed by atoms with Crippen molar-refractivity contribution in [3.05, 3.63) is 102 Å². The topological polar surface area (TPSA) is 81.7 Å². The van der Waals surface area contributed by atoms with Crippen molar-refractivity contribution in [2.24, 2.45) is 5.92 Å². The zero-order valence-electron chi connectivity index (χ0n) is 29.1. The SMILES string of the molecule is C=C1CC(OCOC)/C=C/C[C@@H]([C@H](/C=C/[C@@H]2CC(C)=CCO2)OCc2ccc(OC)cc2)OC(=O)/C=C\C[C@@H]2C=CC[C@@H](C[C@@H](C)C1)O2. The van der Waals surface area contributed by atoms with Gasteiger partial charge in [0.05, 0.1) is 44.7 Å². The van der Waals surface area contributed by atoms with Crippen molar-refractivity contribution in [1.29, 1.82) is 0 Å². The Morgan fingerprint density at radius 1 is 1.02 bits per heavy atom. The number of carbonyl (C=O) groups excluding carboxylic acids is 1. The number of fused-ring (bicyclic) bond motifs is 2. The molecule has 0 radical (unpaired) electrons. The van der Waals surface area contributed by atoms with Gasteiger partial charge in [-0.3, -0.25) is 0 Å². The van der Waals surface area contributed by atoms with E-state index in [9.17, 15) is 4.79 Å². The largest absolute Gasteiger partial charge is 0.497 e. The van der Waals surface area contributed by atoms with Crippen LogP contribution in [0.5, 0.6) is 5.75 Å². The van der Waals surface area contributed by atoms with Crippen LogP contribution in [0.15, 0.2) is 96.7 Å². The molecule has 0 saturated carbocycles. The first-order valence-corrected chi connectivity index (χ1v) is 17.1. The summed E-state index contributed by atoms with van der Waals surface area (Å²) in [5.41, 5.74) is 3.37. The number of esters is 1. The number of carbonyl (C=O) groups is 1. The standard InChI is InChI=1S/C40H54O8/c1-29-21-22-44-36(24-29)19-20-38(45-27-32-15-17-33(43-5)18-16-32)39-13-7-11-35(46-28-42-4)25-30(2)23-31(3)26-37-12-6-9-34(47-37)10-8-14-40(41)48-39/h6-9,11,14-21,31,34-39H,2,10,12-13,22-28H2,1,3-5H3/b11-7+,14-8-,20-19+/t31-,34-,35?,36+,37-,38-,39-/m0/s1. The normalized spacial score (nSPS) is 29.7. The lowest BCUT2D eigenvalue weighted by molar-refractivity contribution is -0.149. The van der Waals surface area contributed by atoms with Crippen LogP contribution in [0.2, 0.25) is 0 Å². The van der Waals surface area contributed by atoms with E-state index in [-0.39, 0.29) is 31.2 Å². The van der Waals surface area contributed by atoms with Gasteiger partial charge in [0, 0.05) is 19.6 Å². The van der Waals surface area contributed by atoms with Crippen molar-refractivity contribution in [1.82, 2.24) is 0 Å². The number of methoxy groups -OCH3 is 2. The van der Waals surface area contributed by atoms with Gasteiger partial charge in [-0.15, -0.1) is 0 Å². The third-order valence-corrected chi connectivity index (χ3v) is 8.67. The van der Waals surface area contributed by atoms with Crippen LogP contribution >= 0.6 is 0 Å². The van der Waals surface area contributed by atoms with Crippen LogP contribution in [0, 0.1) is 5.92 Å². The predicted molar refractivity (Wildman–Crippen MR) is 188 cm³/mol. The molecule has 8 nitrogen and oxygen atoms in total. The van der Waals surface area contributed by atoms with Crippen LogP contribution in [-0.2, 0) is 39.8 Å². The molecule has 0 spiro atoms. The first-order valence-electron chi connectivity index (χ1n) is 17.1. The third kappa shape index (κ3) is 13.3. The van der Waals surface area contributed by atoms with E-state index in [0.717, 1.165) is 42.6 Å². The van der Waals surface area contributed by atoms with Crippen LogP contribution < -0.4 is 4.74 Å². The van der Waals surface area contributed by atoms with E-state index in [2.05, 4.69) is 38.7 Å². The highest BCUT2D eigenvalue weighted by Crippen LogP contribution is 2.27. The van der Waals surface area contributed by atoms with E-state index in [1.54, 1.807) is 14.2 Å². The van der Waals surface area contributed by atoms with Gasteiger partial charge >= 0.3 is 5.97 Å². The van der Waals surface area contributed by atoms with Crippen LogP contribution in [0.3, 0.4) is 0 Å². The maximum atomic E-state index is 13.3. The molecule has 1 aromatic carbocycles. The average Bonchev–Trinajstić information content (AvgIpc) is 3.06. The van der Waals surface area contributed by atoms with Crippen LogP contribution in [-0.4, -0.2) is 70.2 Å². The highest BCUT2D eigenvalue weighted by Gasteiger charge is 2.25. The van der Waals surface area contributed by atoms with E-state index in [1.807, 2.05) is 54.6 Å². The van der Waals surface area contributed by atoms with E-state index in [4.69, 9.17) is 33.2 Å². The molecule has 0 aromatic heterocycles. The molecule has 0 aliphatic carbocycles. The number of ether oxygens (including phenoxy) is 7. The molecule has 0 amide bonds. The van der Waals surface area contributed by atoms with E-state index in [0.29, 0.717) is 38.4 Å². The molecule has 262 valence electrons. The lowest BCUT2D eigenvalue weighted by Gasteiger charge is -2.28. The van der Waals surface area contributed by atoms with Crippen molar-refractivity contribution < 1.29 is 38.0 Å². The van der Waals surface area contributed by atoms with Crippen LogP contribution in [0.25, 0.3) is 0 Å². The first kappa shape index (κ1) is 37.5. The van der Waals surface area contributed by atoms with Gasteiger partial charge in [-0.2, -0.15) is 0 Å². The molecule has 1 unspecified atom stereocenters. The highest BCUT2D eigenvalue weighted by atomic mass is 16.7. The van der Waals surface area contributed by atoms with Crippen LogP contribution in [0.4, 0.5) is 0 Å². The predicted octanol–water partition coefficient (Wildman–Crippen LogP) is 7.76. The molecule has 4 rings (SSSR count). The molecule has 1 aromatic rings. The number of rotatable bonds is 10. The smallest absolute Gasteiger partial charge is 0.330 e. The van der Waals surface area contributed by atoms with Gasteiger partial charge in [0.15, 0.2) is 0 Å². The van der Waals surface area contributed by atoms with Crippen LogP contribution in [0.1, 0.15) is 64.4 Å². The quantitative estimate of drug-likeness (QED) is 0.143. The Kier molecular flexibility index (Phi) is 15.9. The summed E-state index contributed by atoms with van der Waals surface area (Å²) in [6.07, 6.45) is 21.5.